The Labute approximate surface area is 101 Å². The zero-order valence-electron chi connectivity index (χ0n) is 9.82. The average molecular weight is 238 g/mol. The van der Waals surface area contributed by atoms with Gasteiger partial charge in [-0.3, -0.25) is 4.79 Å². The molecule has 0 bridgehead atoms. The SMILES string of the molecule is CC=CCC(=O)NCCCc1nc(C)cs1. The molecule has 0 aliphatic carbocycles. The summed E-state index contributed by atoms with van der Waals surface area (Å²) in [4.78, 5) is 15.6. The van der Waals surface area contributed by atoms with Crippen LogP contribution in [-0.4, -0.2) is 17.4 Å². The van der Waals surface area contributed by atoms with Crippen LogP contribution in [0.1, 0.15) is 30.5 Å². The highest BCUT2D eigenvalue weighted by Crippen LogP contribution is 2.10. The number of carbonyl (C=O) groups excluding carboxylic acids is 1. The lowest BCUT2D eigenvalue weighted by Gasteiger charge is -2.01. The molecule has 0 aliphatic heterocycles. The third kappa shape index (κ3) is 5.07. The summed E-state index contributed by atoms with van der Waals surface area (Å²) < 4.78 is 0. The number of hydrogen-bond donors (Lipinski definition) is 1. The molecule has 1 heterocycles. The van der Waals surface area contributed by atoms with Crippen molar-refractivity contribution in [1.29, 1.82) is 0 Å². The zero-order valence-corrected chi connectivity index (χ0v) is 10.6. The van der Waals surface area contributed by atoms with E-state index in [0.29, 0.717) is 6.42 Å². The van der Waals surface area contributed by atoms with Crippen LogP contribution in [0.5, 0.6) is 0 Å². The Hall–Kier alpha value is -1.16. The summed E-state index contributed by atoms with van der Waals surface area (Å²) in [7, 11) is 0. The fourth-order valence-electron chi connectivity index (χ4n) is 1.28. The number of nitrogens with zero attached hydrogens (tertiary/aromatic N) is 1. The van der Waals surface area contributed by atoms with Crippen LogP contribution < -0.4 is 5.32 Å². The summed E-state index contributed by atoms with van der Waals surface area (Å²) in [5, 5.41) is 6.09. The summed E-state index contributed by atoms with van der Waals surface area (Å²) in [5.74, 6) is 0.0911. The van der Waals surface area contributed by atoms with Gasteiger partial charge in [0.2, 0.25) is 5.91 Å². The van der Waals surface area contributed by atoms with Crippen molar-refractivity contribution in [3.05, 3.63) is 28.2 Å². The minimum atomic E-state index is 0.0911. The molecule has 0 saturated heterocycles. The van der Waals surface area contributed by atoms with Crippen LogP contribution in [0.15, 0.2) is 17.5 Å². The number of hydrogen-bond acceptors (Lipinski definition) is 3. The third-order valence-corrected chi connectivity index (χ3v) is 3.12. The molecule has 0 aromatic carbocycles. The number of amides is 1. The molecule has 0 spiro atoms. The Morgan fingerprint density at radius 1 is 1.62 bits per heavy atom. The highest BCUT2D eigenvalue weighted by Gasteiger charge is 2.00. The molecular formula is C12H18N2OS. The van der Waals surface area contributed by atoms with Crippen molar-refractivity contribution in [3.63, 3.8) is 0 Å². The van der Waals surface area contributed by atoms with Gasteiger partial charge in [0.15, 0.2) is 0 Å². The second-order valence-corrected chi connectivity index (χ2v) is 4.55. The molecule has 1 N–H and O–H groups in total. The number of rotatable bonds is 6. The Kier molecular flexibility index (Phi) is 5.78. The van der Waals surface area contributed by atoms with Gasteiger partial charge in [-0.1, -0.05) is 12.2 Å². The van der Waals surface area contributed by atoms with E-state index in [0.717, 1.165) is 30.1 Å². The number of carbonyl (C=O) groups is 1. The van der Waals surface area contributed by atoms with Crippen LogP contribution in [0.3, 0.4) is 0 Å². The first-order valence-corrected chi connectivity index (χ1v) is 6.39. The van der Waals surface area contributed by atoms with Gasteiger partial charge in [-0.25, -0.2) is 4.98 Å². The lowest BCUT2D eigenvalue weighted by molar-refractivity contribution is -0.120. The molecule has 0 atom stereocenters. The van der Waals surface area contributed by atoms with Gasteiger partial charge in [0.05, 0.1) is 5.01 Å². The molecule has 1 aromatic heterocycles. The molecule has 4 heteroatoms. The first-order valence-electron chi connectivity index (χ1n) is 5.51. The first-order chi connectivity index (χ1) is 7.72. The highest BCUT2D eigenvalue weighted by molar-refractivity contribution is 7.09. The maximum Gasteiger partial charge on any atom is 0.223 e. The maximum atomic E-state index is 11.2. The second-order valence-electron chi connectivity index (χ2n) is 3.61. The predicted molar refractivity (Wildman–Crippen MR) is 67.6 cm³/mol. The standard InChI is InChI=1S/C12H18N2OS/c1-3-4-6-11(15)13-8-5-7-12-14-10(2)9-16-12/h3-4,9H,5-8H2,1-2H3,(H,13,15). The van der Waals surface area contributed by atoms with E-state index in [-0.39, 0.29) is 5.91 Å². The third-order valence-electron chi connectivity index (χ3n) is 2.10. The molecule has 0 radical (unpaired) electrons. The van der Waals surface area contributed by atoms with E-state index in [2.05, 4.69) is 15.7 Å². The molecule has 1 rings (SSSR count). The maximum absolute atomic E-state index is 11.2. The molecule has 88 valence electrons. The first kappa shape index (κ1) is 12.9. The summed E-state index contributed by atoms with van der Waals surface area (Å²) in [6.07, 6.45) is 6.13. The lowest BCUT2D eigenvalue weighted by Crippen LogP contribution is -2.23. The number of aromatic nitrogens is 1. The summed E-state index contributed by atoms with van der Waals surface area (Å²) in [6.45, 7) is 4.64. The zero-order chi connectivity index (χ0) is 11.8. The Morgan fingerprint density at radius 2 is 2.44 bits per heavy atom. The minimum Gasteiger partial charge on any atom is -0.356 e. The van der Waals surface area contributed by atoms with Crippen molar-refractivity contribution >= 4 is 17.2 Å². The lowest BCUT2D eigenvalue weighted by atomic mass is 10.3. The second kappa shape index (κ2) is 7.17. The summed E-state index contributed by atoms with van der Waals surface area (Å²) >= 11 is 1.69. The van der Waals surface area contributed by atoms with Crippen LogP contribution in [0.4, 0.5) is 0 Å². The van der Waals surface area contributed by atoms with Crippen molar-refractivity contribution in [2.24, 2.45) is 0 Å². The van der Waals surface area contributed by atoms with Gasteiger partial charge in [-0.05, 0) is 20.3 Å². The number of allylic oxidation sites excluding steroid dienone is 1. The van der Waals surface area contributed by atoms with E-state index >= 15 is 0 Å². The molecule has 1 aromatic rings. The van der Waals surface area contributed by atoms with Gasteiger partial charge in [0.1, 0.15) is 0 Å². The molecule has 0 fully saturated rings. The largest absolute Gasteiger partial charge is 0.356 e. The number of nitrogens with one attached hydrogen (secondary N) is 1. The van der Waals surface area contributed by atoms with Gasteiger partial charge in [-0.15, -0.1) is 11.3 Å². The fraction of sp³-hybridized carbons (Fsp3) is 0.500. The van der Waals surface area contributed by atoms with Crippen LogP contribution in [0.2, 0.25) is 0 Å². The Morgan fingerprint density at radius 3 is 3.06 bits per heavy atom. The van der Waals surface area contributed by atoms with Crippen LogP contribution in [0, 0.1) is 6.92 Å². The number of aryl methyl sites for hydroxylation is 2. The normalized spacial score (nSPS) is 10.9. The van der Waals surface area contributed by atoms with Crippen LogP contribution >= 0.6 is 11.3 Å². The van der Waals surface area contributed by atoms with Crippen molar-refractivity contribution < 1.29 is 4.79 Å². The van der Waals surface area contributed by atoms with Gasteiger partial charge in [0.25, 0.3) is 0 Å². The molecule has 1 amide bonds. The van der Waals surface area contributed by atoms with E-state index < -0.39 is 0 Å². The van der Waals surface area contributed by atoms with Crippen molar-refractivity contribution in [2.45, 2.75) is 33.1 Å². The fourth-order valence-corrected chi connectivity index (χ4v) is 2.10. The van der Waals surface area contributed by atoms with E-state index in [4.69, 9.17) is 0 Å². The van der Waals surface area contributed by atoms with E-state index in [9.17, 15) is 4.79 Å². The molecule has 0 saturated carbocycles. The van der Waals surface area contributed by atoms with Crippen molar-refractivity contribution in [2.75, 3.05) is 6.54 Å². The van der Waals surface area contributed by atoms with Gasteiger partial charge in [-0.2, -0.15) is 0 Å². The predicted octanol–water partition coefficient (Wildman–Crippen LogP) is 2.47. The summed E-state index contributed by atoms with van der Waals surface area (Å²) in [6, 6.07) is 0. The molecule has 3 nitrogen and oxygen atoms in total. The number of thiazole rings is 1. The molecule has 16 heavy (non-hydrogen) atoms. The van der Waals surface area contributed by atoms with Crippen molar-refractivity contribution in [1.82, 2.24) is 10.3 Å². The summed E-state index contributed by atoms with van der Waals surface area (Å²) in [5.41, 5.74) is 1.08. The molecule has 0 aliphatic rings. The molecule has 0 unspecified atom stereocenters. The van der Waals surface area contributed by atoms with Gasteiger partial charge < -0.3 is 5.32 Å². The molecular weight excluding hydrogens is 220 g/mol. The van der Waals surface area contributed by atoms with E-state index in [1.54, 1.807) is 11.3 Å². The average Bonchev–Trinajstić information content (AvgIpc) is 2.67. The topological polar surface area (TPSA) is 42.0 Å². The quantitative estimate of drug-likeness (QED) is 0.611. The Bertz CT molecular complexity index is 358. The smallest absolute Gasteiger partial charge is 0.223 e. The monoisotopic (exact) mass is 238 g/mol. The van der Waals surface area contributed by atoms with E-state index in [1.807, 2.05) is 26.0 Å². The van der Waals surface area contributed by atoms with Crippen molar-refractivity contribution in [3.8, 4) is 0 Å². The minimum absolute atomic E-state index is 0.0911. The van der Waals surface area contributed by atoms with Gasteiger partial charge >= 0.3 is 0 Å². The Balaban J connectivity index is 2.10. The van der Waals surface area contributed by atoms with Crippen LogP contribution in [-0.2, 0) is 11.2 Å². The highest BCUT2D eigenvalue weighted by atomic mass is 32.1. The van der Waals surface area contributed by atoms with E-state index in [1.165, 1.54) is 0 Å². The van der Waals surface area contributed by atoms with Crippen LogP contribution in [0.25, 0.3) is 0 Å². The van der Waals surface area contributed by atoms with Gasteiger partial charge in [0, 0.05) is 30.5 Å².